The topological polar surface area (TPSA) is 53.7 Å². The quantitative estimate of drug-likeness (QED) is 0.674. The molecule has 0 saturated heterocycles. The molecule has 0 fully saturated rings. The van der Waals surface area contributed by atoms with Crippen LogP contribution in [0.5, 0.6) is 0 Å². The molecule has 5 heteroatoms. The zero-order valence-electron chi connectivity index (χ0n) is 12.8. The fraction of sp³-hybridized carbons (Fsp3) is 0.600. The van der Waals surface area contributed by atoms with Gasteiger partial charge in [0.25, 0.3) is 0 Å². The van der Waals surface area contributed by atoms with Crippen LogP contribution in [0.25, 0.3) is 0 Å². The van der Waals surface area contributed by atoms with Crippen molar-refractivity contribution in [3.63, 3.8) is 0 Å². The monoisotopic (exact) mass is 297 g/mol. The van der Waals surface area contributed by atoms with E-state index in [0.717, 1.165) is 18.0 Å². The molecule has 1 aromatic carbocycles. The van der Waals surface area contributed by atoms with Crippen molar-refractivity contribution < 1.29 is 13.3 Å². The van der Waals surface area contributed by atoms with Crippen molar-refractivity contribution in [3.8, 4) is 0 Å². The summed E-state index contributed by atoms with van der Waals surface area (Å²) in [5.41, 5.74) is 7.39. The van der Waals surface area contributed by atoms with Gasteiger partial charge >= 0.3 is 8.80 Å². The second-order valence-electron chi connectivity index (χ2n) is 4.54. The molecule has 0 aliphatic rings. The molecule has 1 aromatic rings. The Morgan fingerprint density at radius 2 is 1.45 bits per heavy atom. The van der Waals surface area contributed by atoms with E-state index < -0.39 is 8.80 Å². The standard InChI is InChI=1S/C15H27NO3Si/c1-4-17-20(18-5-2,19-6-3)13-12-15(16)14-10-8-7-9-11-14/h7-11,15H,4-6,12-13,16H2,1-3H3. The Bertz CT molecular complexity index is 344. The molecule has 0 heterocycles. The smallest absolute Gasteiger partial charge is 0.374 e. The fourth-order valence-corrected chi connectivity index (χ4v) is 4.87. The summed E-state index contributed by atoms with van der Waals surface area (Å²) < 4.78 is 17.5. The minimum Gasteiger partial charge on any atom is -0.374 e. The second kappa shape index (κ2) is 9.26. The molecule has 0 amide bonds. The molecule has 20 heavy (non-hydrogen) atoms. The zero-order valence-corrected chi connectivity index (χ0v) is 13.8. The normalized spacial score (nSPS) is 13.4. The fourth-order valence-electron chi connectivity index (χ4n) is 2.20. The minimum absolute atomic E-state index is 0.00977. The van der Waals surface area contributed by atoms with E-state index in [-0.39, 0.29) is 6.04 Å². The Kier molecular flexibility index (Phi) is 8.02. The summed E-state index contributed by atoms with van der Waals surface area (Å²) in [6.45, 7) is 7.72. The Morgan fingerprint density at radius 1 is 0.950 bits per heavy atom. The van der Waals surface area contributed by atoms with Crippen molar-refractivity contribution in [1.29, 1.82) is 0 Å². The van der Waals surface area contributed by atoms with Crippen molar-refractivity contribution in [1.82, 2.24) is 0 Å². The molecule has 2 N–H and O–H groups in total. The molecule has 1 unspecified atom stereocenters. The molecule has 0 aliphatic heterocycles. The third-order valence-electron chi connectivity index (χ3n) is 3.08. The van der Waals surface area contributed by atoms with Crippen LogP contribution in [0.4, 0.5) is 0 Å². The SMILES string of the molecule is CCO[Si](CCC(N)c1ccccc1)(OCC)OCC. The summed E-state index contributed by atoms with van der Waals surface area (Å²) in [6.07, 6.45) is 0.802. The van der Waals surface area contributed by atoms with E-state index in [1.54, 1.807) is 0 Å². The molecule has 4 nitrogen and oxygen atoms in total. The lowest BCUT2D eigenvalue weighted by Crippen LogP contribution is -2.46. The van der Waals surface area contributed by atoms with E-state index in [1.165, 1.54) is 0 Å². The Hall–Kier alpha value is -0.723. The van der Waals surface area contributed by atoms with Crippen molar-refractivity contribution in [3.05, 3.63) is 35.9 Å². The molecule has 0 radical (unpaired) electrons. The largest absolute Gasteiger partial charge is 0.500 e. The first-order valence-electron chi connectivity index (χ1n) is 7.39. The van der Waals surface area contributed by atoms with Gasteiger partial charge in [0.2, 0.25) is 0 Å². The lowest BCUT2D eigenvalue weighted by Gasteiger charge is -2.29. The second-order valence-corrected chi connectivity index (χ2v) is 7.27. The van der Waals surface area contributed by atoms with Crippen LogP contribution in [0, 0.1) is 0 Å². The van der Waals surface area contributed by atoms with Crippen LogP contribution in [-0.2, 0) is 13.3 Å². The molecule has 0 spiro atoms. The van der Waals surface area contributed by atoms with Gasteiger partial charge in [-0.3, -0.25) is 0 Å². The summed E-state index contributed by atoms with van der Waals surface area (Å²) in [6, 6.07) is 10.9. The van der Waals surface area contributed by atoms with E-state index >= 15 is 0 Å². The maximum absolute atomic E-state index is 6.25. The number of nitrogens with two attached hydrogens (primary N) is 1. The van der Waals surface area contributed by atoms with Gasteiger partial charge in [0.05, 0.1) is 0 Å². The summed E-state index contributed by atoms with van der Waals surface area (Å²) >= 11 is 0. The van der Waals surface area contributed by atoms with Gasteiger partial charge in [-0.15, -0.1) is 0 Å². The van der Waals surface area contributed by atoms with Gasteiger partial charge in [0.1, 0.15) is 0 Å². The van der Waals surface area contributed by atoms with Crippen molar-refractivity contribution in [2.24, 2.45) is 5.73 Å². The van der Waals surface area contributed by atoms with Crippen LogP contribution >= 0.6 is 0 Å². The maximum atomic E-state index is 6.25. The molecule has 114 valence electrons. The zero-order chi connectivity index (χ0) is 14.8. The predicted octanol–water partition coefficient (Wildman–Crippen LogP) is 3.12. The van der Waals surface area contributed by atoms with E-state index in [2.05, 4.69) is 12.1 Å². The highest BCUT2D eigenvalue weighted by molar-refractivity contribution is 6.60. The summed E-state index contributed by atoms with van der Waals surface area (Å²) in [7, 11) is -2.57. The van der Waals surface area contributed by atoms with Crippen LogP contribution in [0.3, 0.4) is 0 Å². The van der Waals surface area contributed by atoms with Crippen LogP contribution in [-0.4, -0.2) is 28.6 Å². The summed E-state index contributed by atoms with van der Waals surface area (Å²) in [5.74, 6) is 0. The van der Waals surface area contributed by atoms with E-state index in [9.17, 15) is 0 Å². The summed E-state index contributed by atoms with van der Waals surface area (Å²) in [4.78, 5) is 0. The van der Waals surface area contributed by atoms with Crippen molar-refractivity contribution in [2.75, 3.05) is 19.8 Å². The highest BCUT2D eigenvalue weighted by atomic mass is 28.4. The Labute approximate surface area is 123 Å². The van der Waals surface area contributed by atoms with Gasteiger partial charge in [-0.25, -0.2) is 0 Å². The number of hydrogen-bond acceptors (Lipinski definition) is 4. The average molecular weight is 297 g/mol. The first-order valence-corrected chi connectivity index (χ1v) is 9.33. The van der Waals surface area contributed by atoms with Crippen molar-refractivity contribution >= 4 is 8.80 Å². The number of hydrogen-bond donors (Lipinski definition) is 1. The van der Waals surface area contributed by atoms with E-state index in [0.29, 0.717) is 19.8 Å². The lowest BCUT2D eigenvalue weighted by atomic mass is 10.1. The van der Waals surface area contributed by atoms with Crippen LogP contribution in [0.2, 0.25) is 6.04 Å². The predicted molar refractivity (Wildman–Crippen MR) is 83.4 cm³/mol. The van der Waals surface area contributed by atoms with Gasteiger partial charge in [0, 0.05) is 31.9 Å². The molecule has 1 atom stereocenters. The Morgan fingerprint density at radius 3 is 1.90 bits per heavy atom. The third kappa shape index (κ3) is 5.34. The van der Waals surface area contributed by atoms with Gasteiger partial charge in [-0.1, -0.05) is 30.3 Å². The van der Waals surface area contributed by atoms with E-state index in [1.807, 2.05) is 39.0 Å². The molecule has 0 saturated carbocycles. The molecule has 1 rings (SSSR count). The first kappa shape index (κ1) is 17.3. The minimum atomic E-state index is -2.57. The highest BCUT2D eigenvalue weighted by Gasteiger charge is 2.40. The average Bonchev–Trinajstić information content (AvgIpc) is 2.46. The maximum Gasteiger partial charge on any atom is 0.500 e. The van der Waals surface area contributed by atoms with Gasteiger partial charge < -0.3 is 19.0 Å². The lowest BCUT2D eigenvalue weighted by molar-refractivity contribution is 0.0703. The van der Waals surface area contributed by atoms with E-state index in [4.69, 9.17) is 19.0 Å². The molecular weight excluding hydrogens is 270 g/mol. The van der Waals surface area contributed by atoms with Crippen LogP contribution in [0.1, 0.15) is 38.8 Å². The van der Waals surface area contributed by atoms with Gasteiger partial charge in [-0.2, -0.15) is 0 Å². The molecule has 0 aromatic heterocycles. The third-order valence-corrected chi connectivity index (χ3v) is 6.17. The molecule has 0 aliphatic carbocycles. The van der Waals surface area contributed by atoms with Crippen LogP contribution < -0.4 is 5.73 Å². The van der Waals surface area contributed by atoms with Crippen LogP contribution in [0.15, 0.2) is 30.3 Å². The molecular formula is C15H27NO3Si. The number of rotatable bonds is 10. The van der Waals surface area contributed by atoms with Crippen molar-refractivity contribution in [2.45, 2.75) is 39.3 Å². The number of benzene rings is 1. The Balaban J connectivity index is 2.64. The highest BCUT2D eigenvalue weighted by Crippen LogP contribution is 2.24. The first-order chi connectivity index (χ1) is 9.67. The summed E-state index contributed by atoms with van der Waals surface area (Å²) in [5, 5.41) is 0. The van der Waals surface area contributed by atoms with Gasteiger partial charge in [0.15, 0.2) is 0 Å². The molecule has 0 bridgehead atoms. The van der Waals surface area contributed by atoms with Gasteiger partial charge in [-0.05, 0) is 32.8 Å².